The maximum Gasteiger partial charge on any atom is 0.0737 e. The van der Waals surface area contributed by atoms with Crippen LogP contribution in [0.5, 0.6) is 0 Å². The summed E-state index contributed by atoms with van der Waals surface area (Å²) in [4.78, 5) is 9.09. The Morgan fingerprint density at radius 3 is 2.27 bits per heavy atom. The Kier molecular flexibility index (Phi) is 7.07. The largest absolute Gasteiger partial charge is 0.261 e. The summed E-state index contributed by atoms with van der Waals surface area (Å²) >= 11 is 0. The van der Waals surface area contributed by atoms with Crippen LogP contribution in [0.25, 0.3) is 22.9 Å². The number of benzene rings is 2. The Bertz CT molecular complexity index is 1210. The van der Waals surface area contributed by atoms with E-state index < -0.39 is 0 Å². The van der Waals surface area contributed by atoms with Crippen molar-refractivity contribution < 1.29 is 0 Å². The second kappa shape index (κ2) is 10.1. The Balaban J connectivity index is 1.96. The normalized spacial score (nSPS) is 13.4. The predicted molar refractivity (Wildman–Crippen MR) is 130 cm³/mol. The van der Waals surface area contributed by atoms with E-state index in [4.69, 9.17) is 0 Å². The fourth-order valence-electron chi connectivity index (χ4n) is 3.26. The van der Waals surface area contributed by atoms with E-state index in [0.717, 1.165) is 44.1 Å². The molecular formula is C28H26N2. The topological polar surface area (TPSA) is 25.2 Å². The number of rotatable bonds is 6. The van der Waals surface area contributed by atoms with Gasteiger partial charge in [-0.2, -0.15) is 0 Å². The molecule has 0 saturated heterocycles. The predicted octanol–water partition coefficient (Wildman–Crippen LogP) is 5.41. The number of nitrogens with zero attached hydrogens (tertiary/aromatic N) is 2. The van der Waals surface area contributed by atoms with Gasteiger partial charge >= 0.3 is 0 Å². The van der Waals surface area contributed by atoms with E-state index in [1.807, 2.05) is 55.6 Å². The number of allylic oxidation sites excluding steroid dienone is 3. The molecule has 2 nitrogen and oxygen atoms in total. The van der Waals surface area contributed by atoms with Crippen molar-refractivity contribution in [1.82, 2.24) is 4.98 Å². The average molecular weight is 391 g/mol. The maximum atomic E-state index is 4.57. The number of pyridine rings is 1. The Morgan fingerprint density at radius 2 is 1.60 bits per heavy atom. The van der Waals surface area contributed by atoms with Crippen molar-refractivity contribution in [1.29, 1.82) is 0 Å². The first-order valence-corrected chi connectivity index (χ1v) is 9.94. The number of hydrogen-bond donors (Lipinski definition) is 0. The average Bonchev–Trinajstić information content (AvgIpc) is 2.79. The van der Waals surface area contributed by atoms with E-state index in [2.05, 4.69) is 66.5 Å². The van der Waals surface area contributed by atoms with E-state index in [9.17, 15) is 0 Å². The van der Waals surface area contributed by atoms with Crippen molar-refractivity contribution in [2.24, 2.45) is 4.99 Å². The molecule has 1 heterocycles. The first kappa shape index (κ1) is 20.9. The molecule has 0 N–H and O–H groups in total. The van der Waals surface area contributed by atoms with Gasteiger partial charge in [0.25, 0.3) is 0 Å². The molecule has 2 aromatic carbocycles. The van der Waals surface area contributed by atoms with Crippen molar-refractivity contribution in [3.05, 3.63) is 125 Å². The van der Waals surface area contributed by atoms with Gasteiger partial charge < -0.3 is 0 Å². The monoisotopic (exact) mass is 390 g/mol. The summed E-state index contributed by atoms with van der Waals surface area (Å²) in [5.41, 5.74) is 6.19. The van der Waals surface area contributed by atoms with Gasteiger partial charge in [0, 0.05) is 23.2 Å². The summed E-state index contributed by atoms with van der Waals surface area (Å²) in [6.07, 6.45) is 9.41. The molecule has 30 heavy (non-hydrogen) atoms. The molecule has 0 unspecified atom stereocenters. The SMILES string of the molecule is C=C/C=c1/cccn/c1=C(/C)c1ccc(C(=C)/C=C(\N=CC)c2ccccc2)cc1. The quantitative estimate of drug-likeness (QED) is 0.408. The van der Waals surface area contributed by atoms with Gasteiger partial charge in [0.05, 0.1) is 11.0 Å². The lowest BCUT2D eigenvalue weighted by atomic mass is 9.99. The molecule has 3 aromatic rings. The van der Waals surface area contributed by atoms with E-state index in [0.29, 0.717) is 0 Å². The maximum absolute atomic E-state index is 4.57. The second-order valence-corrected chi connectivity index (χ2v) is 6.85. The first-order chi connectivity index (χ1) is 14.6. The lowest BCUT2D eigenvalue weighted by Gasteiger charge is -2.07. The summed E-state index contributed by atoms with van der Waals surface area (Å²) in [7, 11) is 0. The lowest BCUT2D eigenvalue weighted by Crippen LogP contribution is -2.29. The highest BCUT2D eigenvalue weighted by Gasteiger charge is 2.04. The zero-order chi connectivity index (χ0) is 21.3. The Morgan fingerprint density at radius 1 is 0.900 bits per heavy atom. The van der Waals surface area contributed by atoms with Crippen LogP contribution in [0.15, 0.2) is 103 Å². The van der Waals surface area contributed by atoms with Crippen LogP contribution in [0.1, 0.15) is 30.5 Å². The van der Waals surface area contributed by atoms with Crippen molar-refractivity contribution in [2.75, 3.05) is 0 Å². The molecule has 148 valence electrons. The third-order valence-corrected chi connectivity index (χ3v) is 4.83. The fourth-order valence-corrected chi connectivity index (χ4v) is 3.26. The molecule has 0 fully saturated rings. The summed E-state index contributed by atoms with van der Waals surface area (Å²) < 4.78 is 0. The molecule has 0 radical (unpaired) electrons. The van der Waals surface area contributed by atoms with Gasteiger partial charge in [0.15, 0.2) is 0 Å². The molecule has 0 aliphatic rings. The van der Waals surface area contributed by atoms with Crippen LogP contribution in [-0.2, 0) is 0 Å². The highest BCUT2D eigenvalue weighted by molar-refractivity contribution is 5.85. The number of hydrogen-bond acceptors (Lipinski definition) is 2. The van der Waals surface area contributed by atoms with Crippen molar-refractivity contribution in [3.8, 4) is 0 Å². The van der Waals surface area contributed by atoms with Gasteiger partial charge in [-0.15, -0.1) is 0 Å². The number of aromatic nitrogens is 1. The lowest BCUT2D eigenvalue weighted by molar-refractivity contribution is 1.20. The van der Waals surface area contributed by atoms with Crippen LogP contribution in [-0.4, -0.2) is 11.2 Å². The van der Waals surface area contributed by atoms with Crippen molar-refractivity contribution >= 4 is 29.1 Å². The molecule has 1 aromatic heterocycles. The molecule has 0 atom stereocenters. The van der Waals surface area contributed by atoms with Gasteiger partial charge in [-0.05, 0) is 48.3 Å². The van der Waals surface area contributed by atoms with Crippen LogP contribution in [0.3, 0.4) is 0 Å². The summed E-state index contributed by atoms with van der Waals surface area (Å²) in [5.74, 6) is 0. The van der Waals surface area contributed by atoms with Gasteiger partial charge in [0.2, 0.25) is 0 Å². The minimum absolute atomic E-state index is 0.896. The highest BCUT2D eigenvalue weighted by Crippen LogP contribution is 2.23. The van der Waals surface area contributed by atoms with Crippen LogP contribution < -0.4 is 10.6 Å². The smallest absolute Gasteiger partial charge is 0.0737 e. The molecule has 0 saturated carbocycles. The molecule has 2 heteroatoms. The summed E-state index contributed by atoms with van der Waals surface area (Å²) in [6, 6.07) is 22.5. The molecule has 0 aliphatic heterocycles. The van der Waals surface area contributed by atoms with Crippen LogP contribution in [0, 0.1) is 0 Å². The van der Waals surface area contributed by atoms with Gasteiger partial charge in [-0.25, -0.2) is 0 Å². The van der Waals surface area contributed by atoms with Crippen LogP contribution in [0.4, 0.5) is 0 Å². The zero-order valence-corrected chi connectivity index (χ0v) is 17.5. The summed E-state index contributed by atoms with van der Waals surface area (Å²) in [5, 5.41) is 2.03. The molecule has 3 rings (SSSR count). The van der Waals surface area contributed by atoms with E-state index in [1.165, 1.54) is 0 Å². The zero-order valence-electron chi connectivity index (χ0n) is 17.5. The Labute approximate surface area is 178 Å². The molecule has 0 amide bonds. The standard InChI is InChI=1S/C28H26N2/c1-5-11-26-14-10-19-30-28(26)22(4)24-17-15-23(16-18-24)21(3)20-27(29-6-2)25-12-8-7-9-13-25/h5-20H,1,3H2,2,4H3/b26-11-,27-20-,28-22-,29-6?. The third kappa shape index (κ3) is 4.98. The fraction of sp³-hybridized carbons (Fsp3) is 0.0714. The van der Waals surface area contributed by atoms with Gasteiger partial charge in [-0.1, -0.05) is 86.0 Å². The van der Waals surface area contributed by atoms with Gasteiger partial charge in [-0.3, -0.25) is 9.98 Å². The van der Waals surface area contributed by atoms with Crippen molar-refractivity contribution in [3.63, 3.8) is 0 Å². The van der Waals surface area contributed by atoms with E-state index >= 15 is 0 Å². The highest BCUT2D eigenvalue weighted by atomic mass is 14.7. The third-order valence-electron chi connectivity index (χ3n) is 4.83. The number of aliphatic imine (C=N–C) groups is 1. The second-order valence-electron chi connectivity index (χ2n) is 6.85. The first-order valence-electron chi connectivity index (χ1n) is 9.94. The van der Waals surface area contributed by atoms with Crippen LogP contribution in [0.2, 0.25) is 0 Å². The summed E-state index contributed by atoms with van der Waals surface area (Å²) in [6.45, 7) is 12.1. The Hall–Kier alpha value is -3.78. The molecule has 0 spiro atoms. The molecule has 0 aliphatic carbocycles. The molecular weight excluding hydrogens is 364 g/mol. The molecule has 0 bridgehead atoms. The minimum Gasteiger partial charge on any atom is -0.261 e. The van der Waals surface area contributed by atoms with Gasteiger partial charge in [0.1, 0.15) is 0 Å². The van der Waals surface area contributed by atoms with Crippen LogP contribution >= 0.6 is 0 Å². The van der Waals surface area contributed by atoms with E-state index in [1.54, 1.807) is 12.3 Å². The van der Waals surface area contributed by atoms with E-state index in [-0.39, 0.29) is 0 Å². The van der Waals surface area contributed by atoms with Crippen molar-refractivity contribution in [2.45, 2.75) is 13.8 Å². The minimum atomic E-state index is 0.896.